The molecule has 0 saturated carbocycles. The van der Waals surface area contributed by atoms with Gasteiger partial charge in [-0.2, -0.15) is 0 Å². The van der Waals surface area contributed by atoms with Crippen molar-refractivity contribution < 1.29 is 4.21 Å². The summed E-state index contributed by atoms with van der Waals surface area (Å²) in [6, 6.07) is 0. The van der Waals surface area contributed by atoms with Crippen molar-refractivity contribution in [2.75, 3.05) is 38.2 Å². The number of hydrogen-bond acceptors (Lipinski definition) is 3. The van der Waals surface area contributed by atoms with Crippen molar-refractivity contribution in [3.63, 3.8) is 0 Å². The summed E-state index contributed by atoms with van der Waals surface area (Å²) in [6.07, 6.45) is 5.67. The van der Waals surface area contributed by atoms with Gasteiger partial charge in [0.05, 0.1) is 0 Å². The Morgan fingerprint density at radius 2 is 2.29 bits per heavy atom. The van der Waals surface area contributed by atoms with Crippen molar-refractivity contribution in [2.45, 2.75) is 19.3 Å². The molecule has 0 amide bonds. The standard InChI is InChI=1S/C10H22N2OS/c1-14(13)8-7-12-9-10-3-2-5-11-6-4-10/h10-12H,2-9H2,1H3. The third-order valence-electron chi connectivity index (χ3n) is 2.69. The molecule has 1 heterocycles. The topological polar surface area (TPSA) is 41.1 Å². The van der Waals surface area contributed by atoms with Crippen molar-refractivity contribution >= 4 is 10.8 Å². The minimum absolute atomic E-state index is 0.650. The minimum Gasteiger partial charge on any atom is -0.317 e. The molecule has 2 N–H and O–H groups in total. The van der Waals surface area contributed by atoms with Crippen LogP contribution in [0.25, 0.3) is 0 Å². The van der Waals surface area contributed by atoms with E-state index in [1.807, 2.05) is 0 Å². The summed E-state index contributed by atoms with van der Waals surface area (Å²) in [5, 5.41) is 6.80. The lowest BCUT2D eigenvalue weighted by atomic mass is 10.0. The van der Waals surface area contributed by atoms with E-state index < -0.39 is 10.8 Å². The highest BCUT2D eigenvalue weighted by atomic mass is 32.2. The zero-order chi connectivity index (χ0) is 10.2. The maximum atomic E-state index is 10.8. The quantitative estimate of drug-likeness (QED) is 0.654. The van der Waals surface area contributed by atoms with Crippen LogP contribution in [0.1, 0.15) is 19.3 Å². The van der Waals surface area contributed by atoms with Gasteiger partial charge in [-0.1, -0.05) is 0 Å². The fourth-order valence-corrected chi connectivity index (χ4v) is 2.25. The Kier molecular flexibility index (Phi) is 6.39. The fraction of sp³-hybridized carbons (Fsp3) is 1.00. The summed E-state index contributed by atoms with van der Waals surface area (Å²) in [5.41, 5.74) is 0. The van der Waals surface area contributed by atoms with E-state index in [4.69, 9.17) is 0 Å². The summed E-state index contributed by atoms with van der Waals surface area (Å²) in [6.45, 7) is 4.33. The van der Waals surface area contributed by atoms with Gasteiger partial charge in [-0.25, -0.2) is 0 Å². The largest absolute Gasteiger partial charge is 0.317 e. The number of nitrogens with one attached hydrogen (secondary N) is 2. The molecule has 0 radical (unpaired) electrons. The van der Waals surface area contributed by atoms with Crippen molar-refractivity contribution in [1.82, 2.24) is 10.6 Å². The van der Waals surface area contributed by atoms with Crippen LogP contribution in [0.3, 0.4) is 0 Å². The van der Waals surface area contributed by atoms with Crippen molar-refractivity contribution in [3.05, 3.63) is 0 Å². The van der Waals surface area contributed by atoms with Crippen molar-refractivity contribution in [1.29, 1.82) is 0 Å². The highest BCUT2D eigenvalue weighted by Crippen LogP contribution is 2.11. The van der Waals surface area contributed by atoms with Crippen LogP contribution in [0.2, 0.25) is 0 Å². The van der Waals surface area contributed by atoms with Gasteiger partial charge in [-0.3, -0.25) is 4.21 Å². The Bertz CT molecular complexity index is 168. The van der Waals surface area contributed by atoms with E-state index in [2.05, 4.69) is 10.6 Å². The van der Waals surface area contributed by atoms with Crippen LogP contribution in [0.5, 0.6) is 0 Å². The lowest BCUT2D eigenvalue weighted by molar-refractivity contribution is 0.441. The lowest BCUT2D eigenvalue weighted by Gasteiger charge is -2.13. The monoisotopic (exact) mass is 218 g/mol. The molecule has 1 rings (SSSR count). The predicted octanol–water partition coefficient (Wildman–Crippen LogP) is 0.344. The highest BCUT2D eigenvalue weighted by molar-refractivity contribution is 7.84. The SMILES string of the molecule is CS(=O)CCNCC1CCCNCC1. The highest BCUT2D eigenvalue weighted by Gasteiger charge is 2.10. The molecule has 0 spiro atoms. The molecule has 1 fully saturated rings. The lowest BCUT2D eigenvalue weighted by Crippen LogP contribution is -2.27. The van der Waals surface area contributed by atoms with Gasteiger partial charge in [0.15, 0.2) is 0 Å². The number of hydrogen-bond donors (Lipinski definition) is 2. The van der Waals surface area contributed by atoms with Crippen LogP contribution in [0.4, 0.5) is 0 Å². The summed E-state index contributed by atoms with van der Waals surface area (Å²) in [5.74, 6) is 1.60. The molecule has 4 heteroatoms. The van der Waals surface area contributed by atoms with Crippen molar-refractivity contribution in [2.24, 2.45) is 5.92 Å². The predicted molar refractivity (Wildman–Crippen MR) is 62.0 cm³/mol. The van der Waals surface area contributed by atoms with E-state index in [1.165, 1.54) is 25.8 Å². The first-order valence-electron chi connectivity index (χ1n) is 5.50. The summed E-state index contributed by atoms with van der Waals surface area (Å²) in [7, 11) is -0.650. The Labute approximate surface area is 89.5 Å². The Morgan fingerprint density at radius 1 is 1.43 bits per heavy atom. The van der Waals surface area contributed by atoms with Gasteiger partial charge in [-0.05, 0) is 44.8 Å². The molecule has 1 saturated heterocycles. The van der Waals surface area contributed by atoms with Crippen molar-refractivity contribution in [3.8, 4) is 0 Å². The van der Waals surface area contributed by atoms with Gasteiger partial charge in [0, 0.05) is 29.4 Å². The Morgan fingerprint density at radius 3 is 3.07 bits per heavy atom. The molecule has 0 aromatic rings. The first kappa shape index (κ1) is 12.1. The minimum atomic E-state index is -0.650. The average Bonchev–Trinajstić information content (AvgIpc) is 2.40. The molecule has 0 bridgehead atoms. The zero-order valence-electron chi connectivity index (χ0n) is 9.05. The fourth-order valence-electron chi connectivity index (χ4n) is 1.82. The maximum absolute atomic E-state index is 10.8. The third kappa shape index (κ3) is 5.73. The molecule has 14 heavy (non-hydrogen) atoms. The van der Waals surface area contributed by atoms with Gasteiger partial charge in [-0.15, -0.1) is 0 Å². The first-order chi connectivity index (χ1) is 6.79. The van der Waals surface area contributed by atoms with E-state index in [9.17, 15) is 4.21 Å². The Balaban J connectivity index is 2.01. The first-order valence-corrected chi connectivity index (χ1v) is 7.23. The second-order valence-corrected chi connectivity index (χ2v) is 5.58. The van der Waals surface area contributed by atoms with Crippen LogP contribution < -0.4 is 10.6 Å². The van der Waals surface area contributed by atoms with Crippen LogP contribution in [0.15, 0.2) is 0 Å². The maximum Gasteiger partial charge on any atom is 0.0357 e. The molecule has 0 aliphatic carbocycles. The molecule has 2 unspecified atom stereocenters. The van der Waals surface area contributed by atoms with Crippen LogP contribution >= 0.6 is 0 Å². The second-order valence-electron chi connectivity index (χ2n) is 4.03. The van der Waals surface area contributed by atoms with Gasteiger partial charge in [0.1, 0.15) is 0 Å². The number of rotatable bonds is 5. The van der Waals surface area contributed by atoms with E-state index in [0.717, 1.165) is 31.3 Å². The van der Waals surface area contributed by atoms with Crippen LogP contribution in [-0.4, -0.2) is 42.4 Å². The van der Waals surface area contributed by atoms with Gasteiger partial charge >= 0.3 is 0 Å². The van der Waals surface area contributed by atoms with Crippen LogP contribution in [-0.2, 0) is 10.8 Å². The molecule has 3 nitrogen and oxygen atoms in total. The summed E-state index contributed by atoms with van der Waals surface area (Å²) < 4.78 is 10.8. The summed E-state index contributed by atoms with van der Waals surface area (Å²) in [4.78, 5) is 0. The molecule has 0 aromatic carbocycles. The zero-order valence-corrected chi connectivity index (χ0v) is 9.87. The van der Waals surface area contributed by atoms with E-state index in [-0.39, 0.29) is 0 Å². The average molecular weight is 218 g/mol. The van der Waals surface area contributed by atoms with E-state index in [1.54, 1.807) is 6.26 Å². The molecule has 84 valence electrons. The van der Waals surface area contributed by atoms with Crippen LogP contribution in [0, 0.1) is 5.92 Å². The molecule has 1 aliphatic heterocycles. The molecule has 0 aromatic heterocycles. The second kappa shape index (κ2) is 7.37. The van der Waals surface area contributed by atoms with Gasteiger partial charge in [0.2, 0.25) is 0 Å². The third-order valence-corrected chi connectivity index (χ3v) is 3.47. The molecule has 1 aliphatic rings. The molecular weight excluding hydrogens is 196 g/mol. The normalized spacial score (nSPS) is 25.6. The van der Waals surface area contributed by atoms with E-state index in [0.29, 0.717) is 0 Å². The molecule has 2 atom stereocenters. The molecular formula is C10H22N2OS. The van der Waals surface area contributed by atoms with Gasteiger partial charge < -0.3 is 10.6 Å². The van der Waals surface area contributed by atoms with Gasteiger partial charge in [0.25, 0.3) is 0 Å². The Hall–Kier alpha value is 0.0700. The van der Waals surface area contributed by atoms with E-state index >= 15 is 0 Å². The smallest absolute Gasteiger partial charge is 0.0357 e. The summed E-state index contributed by atoms with van der Waals surface area (Å²) >= 11 is 0.